The highest BCUT2D eigenvalue weighted by atomic mass is 16.5. The molecular formula is C14H16O5. The van der Waals surface area contributed by atoms with Gasteiger partial charge in [-0.1, -0.05) is 18.2 Å². The van der Waals surface area contributed by atoms with Crippen LogP contribution >= 0.6 is 0 Å². The van der Waals surface area contributed by atoms with Crippen LogP contribution < -0.4 is 4.74 Å². The summed E-state index contributed by atoms with van der Waals surface area (Å²) in [7, 11) is 1.47. The fraction of sp³-hybridized carbons (Fsp3) is 0.286. The lowest BCUT2D eigenvalue weighted by Gasteiger charge is -2.17. The molecule has 5 heteroatoms. The van der Waals surface area contributed by atoms with Crippen molar-refractivity contribution in [3.05, 3.63) is 35.9 Å². The van der Waals surface area contributed by atoms with Crippen molar-refractivity contribution < 1.29 is 25.2 Å². The summed E-state index contributed by atoms with van der Waals surface area (Å²) in [5.41, 5.74) is 0.592. The van der Waals surface area contributed by atoms with Crippen LogP contribution in [-0.4, -0.2) is 40.4 Å². The van der Waals surface area contributed by atoms with Crippen molar-refractivity contribution in [2.24, 2.45) is 0 Å². The van der Waals surface area contributed by atoms with E-state index in [4.69, 9.17) is 9.84 Å². The van der Waals surface area contributed by atoms with Gasteiger partial charge in [-0.25, -0.2) is 0 Å². The molecule has 2 aromatic rings. The highest BCUT2D eigenvalue weighted by molar-refractivity contribution is 5.86. The van der Waals surface area contributed by atoms with Gasteiger partial charge in [-0.2, -0.15) is 0 Å². The number of hydrogen-bond acceptors (Lipinski definition) is 5. The van der Waals surface area contributed by atoms with Gasteiger partial charge < -0.3 is 25.2 Å². The van der Waals surface area contributed by atoms with E-state index in [2.05, 4.69) is 0 Å². The molecule has 4 N–H and O–H groups in total. The number of fused-ring (bicyclic) bond motifs is 1. The van der Waals surface area contributed by atoms with Crippen LogP contribution in [0, 0.1) is 0 Å². The van der Waals surface area contributed by atoms with Gasteiger partial charge in [0.15, 0.2) is 17.8 Å². The number of ether oxygens (including phenoxy) is 1. The molecule has 1 unspecified atom stereocenters. The lowest BCUT2D eigenvalue weighted by atomic mass is 9.96. The minimum Gasteiger partial charge on any atom is -0.504 e. The van der Waals surface area contributed by atoms with E-state index in [0.717, 1.165) is 10.8 Å². The first-order valence-corrected chi connectivity index (χ1v) is 5.84. The minimum atomic E-state index is -1.63. The number of aliphatic hydroxyl groups excluding tert-OH is 2. The summed E-state index contributed by atoms with van der Waals surface area (Å²) in [5, 5.41) is 38.9. The fourth-order valence-corrected chi connectivity index (χ4v) is 2.05. The first-order chi connectivity index (χ1) is 9.06. The molecular weight excluding hydrogens is 248 g/mol. The zero-order valence-electron chi connectivity index (χ0n) is 10.4. The minimum absolute atomic E-state index is 0.0113. The van der Waals surface area contributed by atoms with Gasteiger partial charge >= 0.3 is 0 Å². The molecule has 0 bridgehead atoms. The van der Waals surface area contributed by atoms with E-state index >= 15 is 0 Å². The third-order valence-corrected chi connectivity index (χ3v) is 3.15. The number of phenols is 1. The predicted octanol–water partition coefficient (Wildman–Crippen LogP) is 0.941. The summed E-state index contributed by atoms with van der Waals surface area (Å²) in [4.78, 5) is 0. The largest absolute Gasteiger partial charge is 0.504 e. The second-order valence-electron chi connectivity index (χ2n) is 4.33. The Bertz CT molecular complexity index is 579. The molecule has 0 saturated carbocycles. The van der Waals surface area contributed by atoms with Crippen molar-refractivity contribution in [2.45, 2.75) is 12.2 Å². The van der Waals surface area contributed by atoms with Crippen LogP contribution in [0.4, 0.5) is 0 Å². The standard InChI is InChI=1S/C14H16O5/c1-19-13-6-8-2-3-9(11(7-15)14(17)18)4-10(8)5-12(13)16/h2-6,11,14-18H,7H2,1H3. The quantitative estimate of drug-likeness (QED) is 0.617. The van der Waals surface area contributed by atoms with E-state index in [1.165, 1.54) is 13.2 Å². The van der Waals surface area contributed by atoms with Crippen molar-refractivity contribution in [3.63, 3.8) is 0 Å². The first-order valence-electron chi connectivity index (χ1n) is 5.84. The van der Waals surface area contributed by atoms with E-state index in [1.54, 1.807) is 24.3 Å². The molecule has 19 heavy (non-hydrogen) atoms. The van der Waals surface area contributed by atoms with Gasteiger partial charge in [0.2, 0.25) is 0 Å². The third-order valence-electron chi connectivity index (χ3n) is 3.15. The third kappa shape index (κ3) is 2.63. The average Bonchev–Trinajstić information content (AvgIpc) is 2.38. The van der Waals surface area contributed by atoms with Crippen LogP contribution in [0.1, 0.15) is 11.5 Å². The van der Waals surface area contributed by atoms with Gasteiger partial charge in [-0.3, -0.25) is 0 Å². The molecule has 2 aromatic carbocycles. The van der Waals surface area contributed by atoms with Gasteiger partial charge in [0.1, 0.15) is 0 Å². The highest BCUT2D eigenvalue weighted by Gasteiger charge is 2.18. The average molecular weight is 264 g/mol. The number of hydrogen-bond donors (Lipinski definition) is 4. The predicted molar refractivity (Wildman–Crippen MR) is 70.2 cm³/mol. The molecule has 0 spiro atoms. The second-order valence-corrected chi connectivity index (χ2v) is 4.33. The number of rotatable bonds is 4. The molecule has 0 aliphatic heterocycles. The zero-order valence-corrected chi connectivity index (χ0v) is 10.4. The van der Waals surface area contributed by atoms with Crippen LogP contribution in [0.2, 0.25) is 0 Å². The van der Waals surface area contributed by atoms with Crippen LogP contribution in [0.5, 0.6) is 11.5 Å². The van der Waals surface area contributed by atoms with Crippen LogP contribution in [0.15, 0.2) is 30.3 Å². The Hall–Kier alpha value is -1.82. The first kappa shape index (κ1) is 13.6. The molecule has 5 nitrogen and oxygen atoms in total. The van der Waals surface area contributed by atoms with Gasteiger partial charge in [-0.15, -0.1) is 0 Å². The Morgan fingerprint density at radius 2 is 1.84 bits per heavy atom. The molecule has 0 aliphatic rings. The summed E-state index contributed by atoms with van der Waals surface area (Å²) in [5.74, 6) is -0.382. The maximum atomic E-state index is 9.73. The lowest BCUT2D eigenvalue weighted by Crippen LogP contribution is -2.20. The number of benzene rings is 2. The van der Waals surface area contributed by atoms with Crippen LogP contribution in [0.3, 0.4) is 0 Å². The highest BCUT2D eigenvalue weighted by Crippen LogP contribution is 2.32. The summed E-state index contributed by atoms with van der Waals surface area (Å²) < 4.78 is 5.02. The monoisotopic (exact) mass is 264 g/mol. The summed E-state index contributed by atoms with van der Waals surface area (Å²) in [6, 6.07) is 8.42. The fourth-order valence-electron chi connectivity index (χ4n) is 2.05. The topological polar surface area (TPSA) is 90.2 Å². The molecule has 0 heterocycles. The zero-order chi connectivity index (χ0) is 14.0. The number of aromatic hydroxyl groups is 1. The molecule has 0 radical (unpaired) electrons. The normalized spacial score (nSPS) is 12.9. The van der Waals surface area contributed by atoms with E-state index in [9.17, 15) is 15.3 Å². The molecule has 0 fully saturated rings. The summed E-state index contributed by atoms with van der Waals surface area (Å²) in [6.07, 6.45) is -1.63. The molecule has 2 rings (SSSR count). The lowest BCUT2D eigenvalue weighted by molar-refractivity contribution is -0.0707. The molecule has 0 saturated heterocycles. The van der Waals surface area contributed by atoms with Crippen molar-refractivity contribution in [1.29, 1.82) is 0 Å². The van der Waals surface area contributed by atoms with Crippen LogP contribution in [0.25, 0.3) is 10.8 Å². The van der Waals surface area contributed by atoms with E-state index in [1.807, 2.05) is 0 Å². The van der Waals surface area contributed by atoms with Crippen molar-refractivity contribution >= 4 is 10.8 Å². The Balaban J connectivity index is 2.51. The van der Waals surface area contributed by atoms with Crippen LogP contribution in [-0.2, 0) is 0 Å². The van der Waals surface area contributed by atoms with Gasteiger partial charge in [-0.05, 0) is 28.5 Å². The Morgan fingerprint density at radius 3 is 2.42 bits per heavy atom. The molecule has 0 amide bonds. The molecule has 1 atom stereocenters. The smallest absolute Gasteiger partial charge is 0.161 e. The SMILES string of the molecule is COc1cc2ccc(C(CO)C(O)O)cc2cc1O. The number of methoxy groups -OCH3 is 1. The Morgan fingerprint density at radius 1 is 1.11 bits per heavy atom. The van der Waals surface area contributed by atoms with E-state index in [-0.39, 0.29) is 12.4 Å². The number of aliphatic hydroxyl groups is 3. The summed E-state index contributed by atoms with van der Waals surface area (Å²) >= 11 is 0. The van der Waals surface area contributed by atoms with Crippen molar-refractivity contribution in [1.82, 2.24) is 0 Å². The summed E-state index contributed by atoms with van der Waals surface area (Å²) in [6.45, 7) is -0.370. The molecule has 0 aliphatic carbocycles. The molecule has 102 valence electrons. The number of phenolic OH excluding ortho intramolecular Hbond substituents is 1. The Labute approximate surface area is 110 Å². The van der Waals surface area contributed by atoms with E-state index in [0.29, 0.717) is 11.3 Å². The van der Waals surface area contributed by atoms with E-state index < -0.39 is 12.2 Å². The van der Waals surface area contributed by atoms with Crippen molar-refractivity contribution in [2.75, 3.05) is 13.7 Å². The van der Waals surface area contributed by atoms with Gasteiger partial charge in [0, 0.05) is 0 Å². The maximum absolute atomic E-state index is 9.73. The second kappa shape index (κ2) is 5.44. The van der Waals surface area contributed by atoms with Crippen molar-refractivity contribution in [3.8, 4) is 11.5 Å². The van der Waals surface area contributed by atoms with Gasteiger partial charge in [0.05, 0.1) is 19.6 Å². The maximum Gasteiger partial charge on any atom is 0.161 e. The van der Waals surface area contributed by atoms with Gasteiger partial charge in [0.25, 0.3) is 0 Å². The Kier molecular flexibility index (Phi) is 3.90. The molecule has 0 aromatic heterocycles.